The van der Waals surface area contributed by atoms with Gasteiger partial charge in [0.1, 0.15) is 11.3 Å². The molecule has 0 radical (unpaired) electrons. The maximum Gasteiger partial charge on any atom is 0.342 e. The number of ether oxygens (including phenoxy) is 1. The Bertz CT molecular complexity index is 552. The number of pyridine rings is 1. The third-order valence-corrected chi connectivity index (χ3v) is 2.45. The molecule has 0 saturated heterocycles. The van der Waals surface area contributed by atoms with Crippen LogP contribution in [0.15, 0.2) is 42.6 Å². The van der Waals surface area contributed by atoms with Gasteiger partial charge in [0.15, 0.2) is 0 Å². The van der Waals surface area contributed by atoms with Crippen molar-refractivity contribution in [3.8, 4) is 17.0 Å². The zero-order valence-electron chi connectivity index (χ0n) is 9.96. The lowest BCUT2D eigenvalue weighted by molar-refractivity contribution is 0.0523. The smallest absolute Gasteiger partial charge is 0.342 e. The van der Waals surface area contributed by atoms with Gasteiger partial charge in [-0.3, -0.25) is 4.98 Å². The average molecular weight is 243 g/mol. The van der Waals surface area contributed by atoms with Crippen molar-refractivity contribution in [1.82, 2.24) is 4.98 Å². The van der Waals surface area contributed by atoms with Crippen molar-refractivity contribution in [3.63, 3.8) is 0 Å². The van der Waals surface area contributed by atoms with Crippen LogP contribution < -0.4 is 0 Å². The van der Waals surface area contributed by atoms with E-state index in [0.717, 1.165) is 5.56 Å². The number of nitrogens with zero attached hydrogens (tertiary/aromatic N) is 1. The molecule has 2 rings (SSSR count). The number of aromatic nitrogens is 1. The molecule has 0 aliphatic carbocycles. The van der Waals surface area contributed by atoms with Crippen molar-refractivity contribution in [1.29, 1.82) is 0 Å². The molecule has 1 aromatic carbocycles. The topological polar surface area (TPSA) is 59.4 Å². The number of carbonyl (C=O) groups is 1. The second kappa shape index (κ2) is 5.31. The van der Waals surface area contributed by atoms with Gasteiger partial charge in [0.2, 0.25) is 0 Å². The molecule has 4 heteroatoms. The lowest BCUT2D eigenvalue weighted by Crippen LogP contribution is -2.05. The summed E-state index contributed by atoms with van der Waals surface area (Å²) in [5.74, 6) is -0.720. The molecule has 1 heterocycles. The summed E-state index contributed by atoms with van der Waals surface area (Å²) in [6.45, 7) is 1.98. The fourth-order valence-corrected chi connectivity index (χ4v) is 1.59. The number of rotatable bonds is 3. The van der Waals surface area contributed by atoms with E-state index in [-0.39, 0.29) is 17.9 Å². The summed E-state index contributed by atoms with van der Waals surface area (Å²) in [4.78, 5) is 15.7. The van der Waals surface area contributed by atoms with Gasteiger partial charge in [-0.05, 0) is 13.0 Å². The molecular formula is C14H13NO3. The van der Waals surface area contributed by atoms with Crippen molar-refractivity contribution in [3.05, 3.63) is 48.2 Å². The minimum atomic E-state index is -0.547. The molecule has 0 fully saturated rings. The predicted octanol–water partition coefficient (Wildman–Crippen LogP) is 2.63. The Morgan fingerprint density at radius 2 is 2.06 bits per heavy atom. The van der Waals surface area contributed by atoms with Crippen molar-refractivity contribution in [2.75, 3.05) is 6.61 Å². The zero-order valence-corrected chi connectivity index (χ0v) is 9.96. The van der Waals surface area contributed by atoms with E-state index in [9.17, 15) is 9.90 Å². The van der Waals surface area contributed by atoms with Gasteiger partial charge >= 0.3 is 5.97 Å². The van der Waals surface area contributed by atoms with E-state index >= 15 is 0 Å². The van der Waals surface area contributed by atoms with E-state index in [4.69, 9.17) is 4.74 Å². The first-order valence-electron chi connectivity index (χ1n) is 5.64. The summed E-state index contributed by atoms with van der Waals surface area (Å²) < 4.78 is 4.87. The first-order chi connectivity index (χ1) is 8.72. The lowest BCUT2D eigenvalue weighted by Gasteiger charge is -2.06. The first kappa shape index (κ1) is 12.1. The number of hydrogen-bond donors (Lipinski definition) is 1. The normalized spacial score (nSPS) is 10.1. The van der Waals surface area contributed by atoms with E-state index in [1.54, 1.807) is 6.92 Å². The standard InChI is InChI=1S/C14H13NO3/c1-2-18-14(17)11-8-12(15-9-13(11)16)10-6-4-3-5-7-10/h3-9,16H,2H2,1H3. The van der Waals surface area contributed by atoms with Crippen LogP contribution in [0.5, 0.6) is 5.75 Å². The van der Waals surface area contributed by atoms with E-state index in [2.05, 4.69) is 4.98 Å². The van der Waals surface area contributed by atoms with E-state index in [0.29, 0.717) is 5.69 Å². The van der Waals surface area contributed by atoms with Crippen molar-refractivity contribution in [2.45, 2.75) is 6.92 Å². The van der Waals surface area contributed by atoms with E-state index in [1.807, 2.05) is 30.3 Å². The molecule has 4 nitrogen and oxygen atoms in total. The molecule has 1 N–H and O–H groups in total. The highest BCUT2D eigenvalue weighted by Crippen LogP contribution is 2.23. The van der Waals surface area contributed by atoms with Crippen LogP contribution in [0.3, 0.4) is 0 Å². The summed E-state index contributed by atoms with van der Waals surface area (Å²) in [5.41, 5.74) is 1.63. The molecule has 1 aromatic heterocycles. The highest BCUT2D eigenvalue weighted by Gasteiger charge is 2.14. The average Bonchev–Trinajstić information content (AvgIpc) is 2.40. The minimum absolute atomic E-state index is 0.130. The Morgan fingerprint density at radius 3 is 2.72 bits per heavy atom. The van der Waals surface area contributed by atoms with Crippen LogP contribution in [0.1, 0.15) is 17.3 Å². The highest BCUT2D eigenvalue weighted by atomic mass is 16.5. The quantitative estimate of drug-likeness (QED) is 0.842. The van der Waals surface area contributed by atoms with Crippen LogP contribution >= 0.6 is 0 Å². The number of aromatic hydroxyl groups is 1. The summed E-state index contributed by atoms with van der Waals surface area (Å²) in [5, 5.41) is 9.62. The Kier molecular flexibility index (Phi) is 3.57. The Morgan fingerprint density at radius 1 is 1.33 bits per heavy atom. The van der Waals surface area contributed by atoms with Gasteiger partial charge in [0.25, 0.3) is 0 Å². The second-order valence-corrected chi connectivity index (χ2v) is 3.67. The SMILES string of the molecule is CCOC(=O)c1cc(-c2ccccc2)ncc1O. The fraction of sp³-hybridized carbons (Fsp3) is 0.143. The van der Waals surface area contributed by atoms with Crippen LogP contribution in [-0.4, -0.2) is 22.7 Å². The maximum absolute atomic E-state index is 11.6. The number of hydrogen-bond acceptors (Lipinski definition) is 4. The maximum atomic E-state index is 11.6. The third-order valence-electron chi connectivity index (χ3n) is 2.45. The zero-order chi connectivity index (χ0) is 13.0. The highest BCUT2D eigenvalue weighted by molar-refractivity contribution is 5.93. The molecule has 0 spiro atoms. The van der Waals surface area contributed by atoms with E-state index in [1.165, 1.54) is 12.3 Å². The summed E-state index contributed by atoms with van der Waals surface area (Å²) in [7, 11) is 0. The van der Waals surface area contributed by atoms with Gasteiger partial charge in [0, 0.05) is 5.56 Å². The van der Waals surface area contributed by atoms with Crippen molar-refractivity contribution >= 4 is 5.97 Å². The second-order valence-electron chi connectivity index (χ2n) is 3.67. The molecule has 92 valence electrons. The van der Waals surface area contributed by atoms with Crippen LogP contribution in [0.25, 0.3) is 11.3 Å². The van der Waals surface area contributed by atoms with E-state index < -0.39 is 5.97 Å². The minimum Gasteiger partial charge on any atom is -0.505 e. The van der Waals surface area contributed by atoms with Crippen LogP contribution in [0, 0.1) is 0 Å². The van der Waals surface area contributed by atoms with Gasteiger partial charge in [0.05, 0.1) is 18.5 Å². The number of carbonyl (C=O) groups excluding carboxylic acids is 1. The van der Waals surface area contributed by atoms with Crippen LogP contribution in [0.4, 0.5) is 0 Å². The van der Waals surface area contributed by atoms with Crippen molar-refractivity contribution in [2.24, 2.45) is 0 Å². The number of benzene rings is 1. The van der Waals surface area contributed by atoms with Crippen LogP contribution in [0.2, 0.25) is 0 Å². The Balaban J connectivity index is 2.41. The molecule has 0 bridgehead atoms. The molecular weight excluding hydrogens is 230 g/mol. The Hall–Kier alpha value is -2.36. The van der Waals surface area contributed by atoms with Gasteiger partial charge in [-0.25, -0.2) is 4.79 Å². The fourth-order valence-electron chi connectivity index (χ4n) is 1.59. The molecule has 0 aliphatic rings. The monoisotopic (exact) mass is 243 g/mol. The van der Waals surface area contributed by atoms with Gasteiger partial charge in [-0.2, -0.15) is 0 Å². The molecule has 18 heavy (non-hydrogen) atoms. The largest absolute Gasteiger partial charge is 0.505 e. The molecule has 0 aliphatic heterocycles. The van der Waals surface area contributed by atoms with Crippen LogP contribution in [-0.2, 0) is 4.74 Å². The van der Waals surface area contributed by atoms with Crippen molar-refractivity contribution < 1.29 is 14.6 Å². The predicted molar refractivity (Wildman–Crippen MR) is 67.3 cm³/mol. The summed E-state index contributed by atoms with van der Waals surface area (Å²) in [6.07, 6.45) is 1.26. The summed E-state index contributed by atoms with van der Waals surface area (Å²) >= 11 is 0. The molecule has 0 amide bonds. The molecule has 2 aromatic rings. The van der Waals surface area contributed by atoms with Gasteiger partial charge in [-0.1, -0.05) is 30.3 Å². The number of esters is 1. The molecule has 0 atom stereocenters. The Labute approximate surface area is 105 Å². The lowest BCUT2D eigenvalue weighted by atomic mass is 10.1. The van der Waals surface area contributed by atoms with Gasteiger partial charge < -0.3 is 9.84 Å². The molecule has 0 saturated carbocycles. The first-order valence-corrected chi connectivity index (χ1v) is 5.64. The molecule has 0 unspecified atom stereocenters. The third kappa shape index (κ3) is 2.48. The van der Waals surface area contributed by atoms with Gasteiger partial charge in [-0.15, -0.1) is 0 Å². The summed E-state index contributed by atoms with van der Waals surface area (Å²) in [6, 6.07) is 11.0.